The van der Waals surface area contributed by atoms with Crippen molar-refractivity contribution in [3.63, 3.8) is 0 Å². The van der Waals surface area contributed by atoms with Crippen molar-refractivity contribution in [2.75, 3.05) is 36.6 Å². The molecule has 8 heteroatoms. The number of furan rings is 1. The van der Waals surface area contributed by atoms with Gasteiger partial charge >= 0.3 is 0 Å². The van der Waals surface area contributed by atoms with Gasteiger partial charge in [-0.2, -0.15) is 14.7 Å². The van der Waals surface area contributed by atoms with Crippen LogP contribution in [0.3, 0.4) is 0 Å². The summed E-state index contributed by atoms with van der Waals surface area (Å²) in [6, 6.07) is 15.8. The van der Waals surface area contributed by atoms with Gasteiger partial charge in [-0.15, -0.1) is 0 Å². The normalized spacial score (nSPS) is 14.6. The van der Waals surface area contributed by atoms with E-state index in [9.17, 15) is 0 Å². The van der Waals surface area contributed by atoms with Crippen molar-refractivity contribution in [1.29, 1.82) is 0 Å². The van der Waals surface area contributed by atoms with Crippen molar-refractivity contribution in [3.8, 4) is 11.5 Å². The van der Waals surface area contributed by atoms with Crippen LogP contribution in [0.2, 0.25) is 0 Å². The Morgan fingerprint density at radius 2 is 2.00 bits per heavy atom. The molecule has 5 rings (SSSR count). The lowest BCUT2D eigenvalue weighted by molar-refractivity contribution is 0.122. The Hall–Kier alpha value is -3.65. The first-order valence-corrected chi connectivity index (χ1v) is 9.89. The molecule has 4 heterocycles. The van der Waals surface area contributed by atoms with E-state index in [2.05, 4.69) is 39.5 Å². The lowest BCUT2D eigenvalue weighted by Gasteiger charge is -2.29. The van der Waals surface area contributed by atoms with Gasteiger partial charge in [0.05, 0.1) is 25.7 Å². The van der Waals surface area contributed by atoms with Crippen molar-refractivity contribution < 1.29 is 9.15 Å². The number of nitrogens with zero attached hydrogens (tertiary/aromatic N) is 5. The largest absolute Gasteiger partial charge is 0.463 e. The summed E-state index contributed by atoms with van der Waals surface area (Å²) in [6.07, 6.45) is 3.43. The number of ether oxygens (including phenoxy) is 1. The Bertz CT molecular complexity index is 1180. The van der Waals surface area contributed by atoms with Crippen molar-refractivity contribution in [1.82, 2.24) is 14.6 Å². The van der Waals surface area contributed by atoms with Gasteiger partial charge in [-0.25, -0.2) is 4.98 Å². The highest BCUT2D eigenvalue weighted by Gasteiger charge is 2.18. The summed E-state index contributed by atoms with van der Waals surface area (Å²) in [5.74, 6) is 2.30. The first kappa shape index (κ1) is 18.4. The fourth-order valence-corrected chi connectivity index (χ4v) is 3.50. The summed E-state index contributed by atoms with van der Waals surface area (Å²) >= 11 is 0. The minimum absolute atomic E-state index is 0.652. The van der Waals surface area contributed by atoms with E-state index < -0.39 is 0 Å². The summed E-state index contributed by atoms with van der Waals surface area (Å²) in [7, 11) is 0. The monoisotopic (exact) mass is 402 g/mol. The van der Waals surface area contributed by atoms with Gasteiger partial charge in [0.1, 0.15) is 11.5 Å². The number of hydrogen-bond acceptors (Lipinski definition) is 7. The molecule has 3 aromatic heterocycles. The molecule has 0 radical (unpaired) electrons. The quantitative estimate of drug-likeness (QED) is 0.406. The lowest BCUT2D eigenvalue weighted by Crippen LogP contribution is -2.37. The second-order valence-corrected chi connectivity index (χ2v) is 7.16. The van der Waals surface area contributed by atoms with Gasteiger partial charge in [-0.3, -0.25) is 5.43 Å². The summed E-state index contributed by atoms with van der Waals surface area (Å²) in [4.78, 5) is 6.93. The van der Waals surface area contributed by atoms with E-state index in [0.717, 1.165) is 35.8 Å². The van der Waals surface area contributed by atoms with E-state index in [1.165, 1.54) is 5.56 Å². The number of benzene rings is 1. The maximum atomic E-state index is 5.51. The maximum Gasteiger partial charge on any atom is 0.160 e. The number of anilines is 2. The molecule has 0 aliphatic carbocycles. The van der Waals surface area contributed by atoms with E-state index in [4.69, 9.17) is 14.3 Å². The van der Waals surface area contributed by atoms with Crippen LogP contribution in [0.5, 0.6) is 0 Å². The van der Waals surface area contributed by atoms with Crippen LogP contribution in [0.4, 0.5) is 11.6 Å². The highest BCUT2D eigenvalue weighted by Crippen LogP contribution is 2.26. The highest BCUT2D eigenvalue weighted by atomic mass is 16.5. The molecule has 1 aliphatic heterocycles. The molecule has 1 aromatic carbocycles. The average molecular weight is 402 g/mol. The summed E-state index contributed by atoms with van der Waals surface area (Å²) in [5, 5.41) is 9.09. The number of aromatic nitrogens is 3. The maximum absolute atomic E-state index is 5.51. The topological polar surface area (TPSA) is 80.2 Å². The zero-order valence-electron chi connectivity index (χ0n) is 16.7. The van der Waals surface area contributed by atoms with Gasteiger partial charge < -0.3 is 14.1 Å². The van der Waals surface area contributed by atoms with E-state index in [0.29, 0.717) is 24.8 Å². The average Bonchev–Trinajstić information content (AvgIpc) is 3.44. The van der Waals surface area contributed by atoms with Crippen LogP contribution in [0.15, 0.2) is 64.3 Å². The SMILES string of the molecule is Cc1cccc(C=NNc2cc(N3CCOCC3)n3nc(-c4ccco4)cc3n2)c1. The van der Waals surface area contributed by atoms with Gasteiger partial charge in [0.15, 0.2) is 17.2 Å². The van der Waals surface area contributed by atoms with Gasteiger partial charge in [-0.05, 0) is 24.6 Å². The number of fused-ring (bicyclic) bond motifs is 1. The molecule has 0 amide bonds. The Kier molecular flexibility index (Phi) is 4.90. The molecule has 30 heavy (non-hydrogen) atoms. The minimum Gasteiger partial charge on any atom is -0.463 e. The third kappa shape index (κ3) is 3.77. The van der Waals surface area contributed by atoms with E-state index in [-0.39, 0.29) is 0 Å². The van der Waals surface area contributed by atoms with Crippen LogP contribution < -0.4 is 10.3 Å². The number of morpholine rings is 1. The molecule has 1 saturated heterocycles. The Balaban J connectivity index is 1.50. The Morgan fingerprint density at radius 3 is 2.80 bits per heavy atom. The molecular weight excluding hydrogens is 380 g/mol. The fourth-order valence-electron chi connectivity index (χ4n) is 3.50. The number of nitrogens with one attached hydrogen (secondary N) is 1. The zero-order valence-corrected chi connectivity index (χ0v) is 16.7. The summed E-state index contributed by atoms with van der Waals surface area (Å²) < 4.78 is 12.9. The first-order chi connectivity index (χ1) is 14.8. The van der Waals surface area contributed by atoms with Crippen LogP contribution in [0.25, 0.3) is 17.1 Å². The number of hydrogen-bond donors (Lipinski definition) is 1. The molecule has 8 nitrogen and oxygen atoms in total. The standard InChI is InChI=1S/C22H22N6O2/c1-16-4-2-5-17(12-16)15-23-25-20-14-22(27-7-10-29-11-8-27)28-21(24-20)13-18(26-28)19-6-3-9-30-19/h2-6,9,12-15H,7-8,10-11H2,1H3,(H,24,25). The molecule has 4 aromatic rings. The molecule has 0 spiro atoms. The predicted molar refractivity (Wildman–Crippen MR) is 116 cm³/mol. The second-order valence-electron chi connectivity index (χ2n) is 7.16. The van der Waals surface area contributed by atoms with Crippen LogP contribution >= 0.6 is 0 Å². The predicted octanol–water partition coefficient (Wildman–Crippen LogP) is 3.58. The summed E-state index contributed by atoms with van der Waals surface area (Å²) in [6.45, 7) is 5.02. The zero-order chi connectivity index (χ0) is 20.3. The van der Waals surface area contributed by atoms with Crippen LogP contribution in [-0.2, 0) is 4.74 Å². The van der Waals surface area contributed by atoms with Crippen molar-refractivity contribution in [3.05, 3.63) is 65.9 Å². The Labute approximate surface area is 173 Å². The van der Waals surface area contributed by atoms with E-state index in [1.54, 1.807) is 12.5 Å². The molecule has 0 unspecified atom stereocenters. The molecule has 1 fully saturated rings. The Morgan fingerprint density at radius 1 is 1.10 bits per heavy atom. The van der Waals surface area contributed by atoms with Gasteiger partial charge in [-0.1, -0.05) is 29.8 Å². The van der Waals surface area contributed by atoms with Crippen molar-refractivity contribution in [2.24, 2.45) is 5.10 Å². The van der Waals surface area contributed by atoms with Crippen LogP contribution in [0, 0.1) is 6.92 Å². The lowest BCUT2D eigenvalue weighted by atomic mass is 10.2. The third-order valence-corrected chi connectivity index (χ3v) is 4.95. The van der Waals surface area contributed by atoms with Crippen LogP contribution in [0.1, 0.15) is 11.1 Å². The summed E-state index contributed by atoms with van der Waals surface area (Å²) in [5.41, 5.74) is 6.74. The van der Waals surface area contributed by atoms with Crippen molar-refractivity contribution in [2.45, 2.75) is 6.92 Å². The molecule has 152 valence electrons. The molecule has 1 aliphatic rings. The molecule has 0 bridgehead atoms. The van der Waals surface area contributed by atoms with E-state index in [1.807, 2.05) is 40.9 Å². The van der Waals surface area contributed by atoms with Crippen LogP contribution in [-0.4, -0.2) is 47.1 Å². The molecule has 1 N–H and O–H groups in total. The number of hydrazone groups is 1. The number of rotatable bonds is 5. The highest BCUT2D eigenvalue weighted by molar-refractivity contribution is 5.80. The van der Waals surface area contributed by atoms with Gasteiger partial charge in [0.25, 0.3) is 0 Å². The first-order valence-electron chi connectivity index (χ1n) is 9.89. The third-order valence-electron chi connectivity index (χ3n) is 4.95. The molecule has 0 atom stereocenters. The van der Waals surface area contributed by atoms with E-state index >= 15 is 0 Å². The second kappa shape index (κ2) is 8.00. The smallest absolute Gasteiger partial charge is 0.160 e. The fraction of sp³-hybridized carbons (Fsp3) is 0.227. The minimum atomic E-state index is 0.652. The van der Waals surface area contributed by atoms with Gasteiger partial charge in [0.2, 0.25) is 0 Å². The number of aryl methyl sites for hydroxylation is 1. The van der Waals surface area contributed by atoms with Gasteiger partial charge in [0, 0.05) is 25.2 Å². The molecular formula is C22H22N6O2. The molecule has 0 saturated carbocycles. The van der Waals surface area contributed by atoms with Crippen molar-refractivity contribution >= 4 is 23.5 Å².